The lowest BCUT2D eigenvalue weighted by atomic mass is 10.2. The molecule has 3 rings (SSSR count). The number of amidine groups is 1. The number of halogens is 2. The van der Waals surface area contributed by atoms with Crippen molar-refractivity contribution in [3.8, 4) is 5.75 Å². The molecule has 7 nitrogen and oxygen atoms in total. The SMILES string of the molecule is COC(=O)/C=C1/S/C(=N\N=Cc2cccc(OCc3ccc(Cl)cc3Cl)c2)NC1=O. The van der Waals surface area contributed by atoms with Gasteiger partial charge in [-0.2, -0.15) is 5.10 Å². The van der Waals surface area contributed by atoms with Crippen molar-refractivity contribution in [1.82, 2.24) is 5.32 Å². The number of thioether (sulfide) groups is 1. The van der Waals surface area contributed by atoms with E-state index in [1.165, 1.54) is 13.3 Å². The summed E-state index contributed by atoms with van der Waals surface area (Å²) < 4.78 is 10.3. The highest BCUT2D eigenvalue weighted by atomic mass is 35.5. The highest BCUT2D eigenvalue weighted by Gasteiger charge is 2.24. The van der Waals surface area contributed by atoms with Crippen molar-refractivity contribution in [2.45, 2.75) is 6.61 Å². The molecular formula is C20H15Cl2N3O4S. The molecule has 0 aromatic heterocycles. The van der Waals surface area contributed by atoms with Gasteiger partial charge in [0, 0.05) is 21.7 Å². The van der Waals surface area contributed by atoms with Gasteiger partial charge < -0.3 is 9.47 Å². The highest BCUT2D eigenvalue weighted by Crippen LogP contribution is 2.24. The van der Waals surface area contributed by atoms with Crippen molar-refractivity contribution in [3.63, 3.8) is 0 Å². The van der Waals surface area contributed by atoms with Crippen molar-refractivity contribution < 1.29 is 19.1 Å². The quantitative estimate of drug-likeness (QED) is 0.300. The van der Waals surface area contributed by atoms with Crippen LogP contribution in [0.3, 0.4) is 0 Å². The Morgan fingerprint density at radius 3 is 2.83 bits per heavy atom. The lowest BCUT2D eigenvalue weighted by Gasteiger charge is -2.08. The van der Waals surface area contributed by atoms with E-state index < -0.39 is 11.9 Å². The van der Waals surface area contributed by atoms with Crippen molar-refractivity contribution in [3.05, 3.63) is 74.6 Å². The van der Waals surface area contributed by atoms with Crippen LogP contribution in [0.4, 0.5) is 0 Å². The number of benzene rings is 2. The third-order valence-corrected chi connectivity index (χ3v) is 5.21. The van der Waals surface area contributed by atoms with Gasteiger partial charge in [-0.25, -0.2) is 4.79 Å². The van der Waals surface area contributed by atoms with E-state index in [9.17, 15) is 9.59 Å². The Bertz CT molecular complexity index is 1070. The summed E-state index contributed by atoms with van der Waals surface area (Å²) in [5, 5.41) is 11.8. The van der Waals surface area contributed by atoms with E-state index in [4.69, 9.17) is 27.9 Å². The first-order valence-corrected chi connectivity index (χ1v) is 10.1. The first kappa shape index (κ1) is 21.9. The second kappa shape index (κ2) is 10.3. The third-order valence-electron chi connectivity index (χ3n) is 3.72. The van der Waals surface area contributed by atoms with Crippen LogP contribution in [-0.2, 0) is 20.9 Å². The molecule has 1 aliphatic heterocycles. The molecule has 1 N–H and O–H groups in total. The maximum atomic E-state index is 11.8. The molecule has 0 radical (unpaired) electrons. The number of carbonyl (C=O) groups excluding carboxylic acids is 2. The van der Waals surface area contributed by atoms with E-state index in [0.29, 0.717) is 15.8 Å². The Morgan fingerprint density at radius 1 is 1.23 bits per heavy atom. The molecule has 10 heteroatoms. The van der Waals surface area contributed by atoms with Crippen LogP contribution in [0.15, 0.2) is 63.6 Å². The molecule has 0 spiro atoms. The fourth-order valence-electron chi connectivity index (χ4n) is 2.27. The summed E-state index contributed by atoms with van der Waals surface area (Å²) in [5.41, 5.74) is 1.56. The Kier molecular flexibility index (Phi) is 7.51. The van der Waals surface area contributed by atoms with Gasteiger partial charge in [-0.05, 0) is 41.6 Å². The number of carbonyl (C=O) groups is 2. The Labute approximate surface area is 186 Å². The van der Waals surface area contributed by atoms with Crippen LogP contribution >= 0.6 is 35.0 Å². The molecule has 1 saturated heterocycles. The van der Waals surface area contributed by atoms with Crippen LogP contribution in [0.1, 0.15) is 11.1 Å². The van der Waals surface area contributed by atoms with Gasteiger partial charge in [0.2, 0.25) is 0 Å². The minimum atomic E-state index is -0.617. The number of nitrogens with zero attached hydrogens (tertiary/aromatic N) is 2. The summed E-state index contributed by atoms with van der Waals surface area (Å²) >= 11 is 13.0. The lowest BCUT2D eigenvalue weighted by molar-refractivity contribution is -0.135. The first-order valence-electron chi connectivity index (χ1n) is 8.51. The van der Waals surface area contributed by atoms with E-state index in [-0.39, 0.29) is 16.7 Å². The first-order chi connectivity index (χ1) is 14.4. The molecule has 1 fully saturated rings. The fraction of sp³-hybridized carbons (Fsp3) is 0.100. The molecule has 0 bridgehead atoms. The number of hydrogen-bond donors (Lipinski definition) is 1. The molecule has 0 atom stereocenters. The van der Waals surface area contributed by atoms with Crippen molar-refractivity contribution in [2.24, 2.45) is 10.2 Å². The van der Waals surface area contributed by atoms with Crippen LogP contribution in [0.2, 0.25) is 10.0 Å². The van der Waals surface area contributed by atoms with Crippen LogP contribution < -0.4 is 10.1 Å². The topological polar surface area (TPSA) is 89.3 Å². The predicted octanol–water partition coefficient (Wildman–Crippen LogP) is 4.18. The number of amides is 1. The molecule has 2 aromatic rings. The van der Waals surface area contributed by atoms with Gasteiger partial charge in [0.25, 0.3) is 5.91 Å². The smallest absolute Gasteiger partial charge is 0.331 e. The molecule has 1 aliphatic rings. The summed E-state index contributed by atoms with van der Waals surface area (Å²) in [6.07, 6.45) is 2.61. The molecule has 30 heavy (non-hydrogen) atoms. The third kappa shape index (κ3) is 6.09. The molecule has 1 heterocycles. The predicted molar refractivity (Wildman–Crippen MR) is 118 cm³/mol. The zero-order valence-corrected chi connectivity index (χ0v) is 17.9. The van der Waals surface area contributed by atoms with Gasteiger partial charge in [0.15, 0.2) is 5.17 Å². The summed E-state index contributed by atoms with van der Waals surface area (Å²) in [4.78, 5) is 23.2. The number of hydrogen-bond acceptors (Lipinski definition) is 7. The molecule has 0 aliphatic carbocycles. The maximum Gasteiger partial charge on any atom is 0.331 e. The summed E-state index contributed by atoms with van der Waals surface area (Å²) in [7, 11) is 1.23. The number of methoxy groups -OCH3 is 1. The fourth-order valence-corrected chi connectivity index (χ4v) is 3.48. The molecule has 0 saturated carbocycles. The van der Waals surface area contributed by atoms with Crippen LogP contribution in [0.5, 0.6) is 5.75 Å². The van der Waals surface area contributed by atoms with Crippen LogP contribution in [-0.4, -0.2) is 30.4 Å². The van der Waals surface area contributed by atoms with Gasteiger partial charge in [0.05, 0.1) is 18.2 Å². The Hall–Kier alpha value is -2.81. The van der Waals surface area contributed by atoms with Gasteiger partial charge >= 0.3 is 5.97 Å². The number of esters is 1. The van der Waals surface area contributed by atoms with Gasteiger partial charge in [-0.1, -0.05) is 41.4 Å². The van der Waals surface area contributed by atoms with E-state index in [1.807, 2.05) is 24.3 Å². The zero-order valence-electron chi connectivity index (χ0n) is 15.6. The largest absolute Gasteiger partial charge is 0.489 e. The Balaban J connectivity index is 1.62. The van der Waals surface area contributed by atoms with Crippen LogP contribution in [0, 0.1) is 0 Å². The molecule has 0 unspecified atom stereocenters. The average molecular weight is 464 g/mol. The normalized spacial score (nSPS) is 16.3. The highest BCUT2D eigenvalue weighted by molar-refractivity contribution is 8.18. The van der Waals surface area contributed by atoms with E-state index >= 15 is 0 Å². The van der Waals surface area contributed by atoms with Crippen molar-refractivity contribution in [1.29, 1.82) is 0 Å². The number of nitrogens with one attached hydrogen (secondary N) is 1. The molecular weight excluding hydrogens is 449 g/mol. The van der Waals surface area contributed by atoms with Crippen LogP contribution in [0.25, 0.3) is 0 Å². The molecule has 2 aromatic carbocycles. The summed E-state index contributed by atoms with van der Waals surface area (Å²) in [6.45, 7) is 0.289. The number of rotatable bonds is 6. The number of ether oxygens (including phenoxy) is 2. The monoisotopic (exact) mass is 463 g/mol. The minimum Gasteiger partial charge on any atom is -0.489 e. The second-order valence-corrected chi connectivity index (χ2v) is 7.71. The van der Waals surface area contributed by atoms with Gasteiger partial charge in [-0.3, -0.25) is 10.1 Å². The van der Waals surface area contributed by atoms with E-state index in [0.717, 1.165) is 29.0 Å². The second-order valence-electron chi connectivity index (χ2n) is 5.83. The Morgan fingerprint density at radius 2 is 2.07 bits per heavy atom. The lowest BCUT2D eigenvalue weighted by Crippen LogP contribution is -2.19. The van der Waals surface area contributed by atoms with Crippen molar-refractivity contribution in [2.75, 3.05) is 7.11 Å². The van der Waals surface area contributed by atoms with E-state index in [1.54, 1.807) is 18.2 Å². The summed E-state index contributed by atoms with van der Waals surface area (Å²) in [6, 6.07) is 12.5. The van der Waals surface area contributed by atoms with Gasteiger partial charge in [-0.15, -0.1) is 5.10 Å². The minimum absolute atomic E-state index is 0.187. The average Bonchev–Trinajstić information content (AvgIpc) is 3.06. The van der Waals surface area contributed by atoms with Crippen molar-refractivity contribution >= 4 is 58.2 Å². The molecule has 1 amide bonds. The van der Waals surface area contributed by atoms with Gasteiger partial charge in [0.1, 0.15) is 12.4 Å². The maximum absolute atomic E-state index is 11.8. The molecule has 154 valence electrons. The zero-order chi connectivity index (χ0) is 21.5. The van der Waals surface area contributed by atoms with E-state index in [2.05, 4.69) is 20.3 Å². The standard InChI is InChI=1S/C20H15Cl2N3O4S/c1-28-18(26)9-17-19(27)24-20(30-17)25-23-10-12-3-2-4-15(7-12)29-11-13-5-6-14(21)8-16(13)22/h2-10H,11H2,1H3,(H,24,25,27)/b17-9+,23-10?. The summed E-state index contributed by atoms with van der Waals surface area (Å²) in [5.74, 6) is -0.422.